The van der Waals surface area contributed by atoms with Gasteiger partial charge in [-0.3, -0.25) is 9.59 Å². The minimum absolute atomic E-state index is 0.152. The summed E-state index contributed by atoms with van der Waals surface area (Å²) >= 11 is 0. The van der Waals surface area contributed by atoms with Crippen LogP contribution in [0, 0.1) is 0 Å². The van der Waals surface area contributed by atoms with E-state index in [0.29, 0.717) is 17.1 Å². The second-order valence-electron chi connectivity index (χ2n) is 3.71. The summed E-state index contributed by atoms with van der Waals surface area (Å²) in [5, 5.41) is 0. The zero-order valence-electron chi connectivity index (χ0n) is 10.1. The van der Waals surface area contributed by atoms with Crippen LogP contribution in [0.3, 0.4) is 0 Å². The third-order valence-electron chi connectivity index (χ3n) is 2.27. The highest BCUT2D eigenvalue weighted by Crippen LogP contribution is 2.27. The topological polar surface area (TPSA) is 125 Å². The minimum Gasteiger partial charge on any atom is -0.497 e. The average Bonchev–Trinajstić information content (AvgIpc) is 2.27. The van der Waals surface area contributed by atoms with E-state index in [1.165, 1.54) is 12.0 Å². The van der Waals surface area contributed by atoms with Crippen molar-refractivity contribution in [2.75, 3.05) is 30.8 Å². The summed E-state index contributed by atoms with van der Waals surface area (Å²) in [6.07, 6.45) is 0. The molecule has 0 aromatic heterocycles. The summed E-state index contributed by atoms with van der Waals surface area (Å²) in [5.74, 6) is -0.616. The fourth-order valence-electron chi connectivity index (χ4n) is 1.53. The number of benzene rings is 1. The Kier molecular flexibility index (Phi) is 4.36. The maximum absolute atomic E-state index is 11.0. The van der Waals surface area contributed by atoms with Crippen LogP contribution < -0.4 is 26.8 Å². The molecule has 0 fully saturated rings. The molecule has 0 radical (unpaired) electrons. The van der Waals surface area contributed by atoms with Gasteiger partial charge in [-0.15, -0.1) is 0 Å². The van der Waals surface area contributed by atoms with Crippen LogP contribution in [0.25, 0.3) is 0 Å². The number of carbonyl (C=O) groups excluding carboxylic acids is 2. The Morgan fingerprint density at radius 3 is 2.22 bits per heavy atom. The number of ether oxygens (including phenoxy) is 1. The molecule has 0 aliphatic heterocycles. The first-order valence-electron chi connectivity index (χ1n) is 5.19. The molecule has 0 unspecified atom stereocenters. The molecular weight excluding hydrogens is 236 g/mol. The van der Waals surface area contributed by atoms with E-state index in [1.807, 2.05) is 0 Å². The van der Waals surface area contributed by atoms with E-state index >= 15 is 0 Å². The molecule has 1 rings (SSSR count). The lowest BCUT2D eigenvalue weighted by atomic mass is 10.2. The number of methoxy groups -OCH3 is 1. The van der Waals surface area contributed by atoms with Crippen molar-refractivity contribution in [1.82, 2.24) is 0 Å². The number of amides is 2. The number of primary amides is 2. The Morgan fingerprint density at radius 2 is 1.78 bits per heavy atom. The Morgan fingerprint density at radius 1 is 1.22 bits per heavy atom. The summed E-state index contributed by atoms with van der Waals surface area (Å²) < 4.78 is 5.06. The molecular formula is C11H16N4O3. The molecule has 0 heterocycles. The summed E-state index contributed by atoms with van der Waals surface area (Å²) in [5.41, 5.74) is 16.9. The molecule has 0 aliphatic carbocycles. The molecule has 0 bridgehead atoms. The zero-order valence-corrected chi connectivity index (χ0v) is 10.1. The van der Waals surface area contributed by atoms with Gasteiger partial charge < -0.3 is 26.8 Å². The number of nitrogens with two attached hydrogens (primary N) is 3. The summed E-state index contributed by atoms with van der Waals surface area (Å²) in [7, 11) is 1.50. The second-order valence-corrected chi connectivity index (χ2v) is 3.71. The molecule has 0 aliphatic rings. The lowest BCUT2D eigenvalue weighted by molar-refractivity contribution is -0.117. The van der Waals surface area contributed by atoms with E-state index in [2.05, 4.69) is 0 Å². The van der Waals surface area contributed by atoms with Gasteiger partial charge in [-0.1, -0.05) is 0 Å². The number of hydrogen-bond donors (Lipinski definition) is 3. The van der Waals surface area contributed by atoms with E-state index in [1.54, 1.807) is 18.2 Å². The van der Waals surface area contributed by atoms with Gasteiger partial charge in [0.2, 0.25) is 11.8 Å². The number of hydrogen-bond acceptors (Lipinski definition) is 5. The Bertz CT molecular complexity index is 446. The monoisotopic (exact) mass is 252 g/mol. The van der Waals surface area contributed by atoms with Crippen LogP contribution in [0.5, 0.6) is 5.75 Å². The molecule has 2 amide bonds. The minimum atomic E-state index is -0.585. The molecule has 7 nitrogen and oxygen atoms in total. The first kappa shape index (κ1) is 13.6. The van der Waals surface area contributed by atoms with Crippen molar-refractivity contribution >= 4 is 23.2 Å². The molecule has 6 N–H and O–H groups in total. The molecule has 0 atom stereocenters. The predicted molar refractivity (Wildman–Crippen MR) is 68.0 cm³/mol. The van der Waals surface area contributed by atoms with E-state index in [9.17, 15) is 9.59 Å². The maximum atomic E-state index is 11.0. The molecule has 98 valence electrons. The Balaban J connectivity index is 3.09. The quantitative estimate of drug-likeness (QED) is 0.563. The van der Waals surface area contributed by atoms with Crippen LogP contribution in [0.4, 0.5) is 11.4 Å². The highest BCUT2D eigenvalue weighted by molar-refractivity contribution is 5.87. The maximum Gasteiger partial charge on any atom is 0.236 e. The number of rotatable bonds is 6. The highest BCUT2D eigenvalue weighted by atomic mass is 16.5. The van der Waals surface area contributed by atoms with Crippen LogP contribution in [0.1, 0.15) is 0 Å². The van der Waals surface area contributed by atoms with Gasteiger partial charge in [0.05, 0.1) is 31.6 Å². The van der Waals surface area contributed by atoms with E-state index in [0.717, 1.165) is 0 Å². The third kappa shape index (κ3) is 3.55. The van der Waals surface area contributed by atoms with Gasteiger partial charge in [0.15, 0.2) is 0 Å². The van der Waals surface area contributed by atoms with Crippen molar-refractivity contribution < 1.29 is 14.3 Å². The highest BCUT2D eigenvalue weighted by Gasteiger charge is 2.15. The predicted octanol–water partition coefficient (Wildman–Crippen LogP) is -0.946. The lowest BCUT2D eigenvalue weighted by Gasteiger charge is -2.23. The summed E-state index contributed by atoms with van der Waals surface area (Å²) in [4.78, 5) is 23.4. The zero-order chi connectivity index (χ0) is 13.7. The van der Waals surface area contributed by atoms with Crippen molar-refractivity contribution in [3.63, 3.8) is 0 Å². The van der Waals surface area contributed by atoms with Crippen molar-refractivity contribution in [2.24, 2.45) is 11.5 Å². The second kappa shape index (κ2) is 5.76. The van der Waals surface area contributed by atoms with Gasteiger partial charge in [-0.05, 0) is 12.1 Å². The summed E-state index contributed by atoms with van der Waals surface area (Å²) in [6, 6.07) is 4.90. The standard InChI is InChI=1S/C11H16N4O3/c1-18-7-2-3-8(12)9(4-7)15(5-10(13)16)6-11(14)17/h2-4H,5-6,12H2,1H3,(H2,13,16)(H2,14,17). The molecule has 18 heavy (non-hydrogen) atoms. The fraction of sp³-hybridized carbons (Fsp3) is 0.273. The van der Waals surface area contributed by atoms with E-state index in [4.69, 9.17) is 21.9 Å². The van der Waals surface area contributed by atoms with Gasteiger partial charge in [-0.25, -0.2) is 0 Å². The molecule has 7 heteroatoms. The SMILES string of the molecule is COc1ccc(N)c(N(CC(N)=O)CC(N)=O)c1. The van der Waals surface area contributed by atoms with Crippen molar-refractivity contribution in [3.05, 3.63) is 18.2 Å². The smallest absolute Gasteiger partial charge is 0.236 e. The van der Waals surface area contributed by atoms with Gasteiger partial charge in [0, 0.05) is 6.07 Å². The lowest BCUT2D eigenvalue weighted by Crippen LogP contribution is -2.40. The first-order chi connectivity index (χ1) is 8.43. The van der Waals surface area contributed by atoms with Crippen LogP contribution in [-0.4, -0.2) is 32.0 Å². The van der Waals surface area contributed by atoms with Crippen LogP contribution in [-0.2, 0) is 9.59 Å². The number of nitrogen functional groups attached to an aromatic ring is 1. The molecule has 0 saturated heterocycles. The van der Waals surface area contributed by atoms with Gasteiger partial charge in [-0.2, -0.15) is 0 Å². The van der Waals surface area contributed by atoms with Crippen LogP contribution in [0.15, 0.2) is 18.2 Å². The van der Waals surface area contributed by atoms with Gasteiger partial charge in [0.25, 0.3) is 0 Å². The van der Waals surface area contributed by atoms with Crippen molar-refractivity contribution in [2.45, 2.75) is 0 Å². The van der Waals surface area contributed by atoms with Crippen LogP contribution >= 0.6 is 0 Å². The third-order valence-corrected chi connectivity index (χ3v) is 2.27. The number of anilines is 2. The molecule has 0 spiro atoms. The van der Waals surface area contributed by atoms with Crippen molar-refractivity contribution in [1.29, 1.82) is 0 Å². The summed E-state index contributed by atoms with van der Waals surface area (Å²) in [6.45, 7) is -0.305. The first-order valence-corrected chi connectivity index (χ1v) is 5.19. The van der Waals surface area contributed by atoms with Gasteiger partial charge in [0.1, 0.15) is 5.75 Å². The average molecular weight is 252 g/mol. The van der Waals surface area contributed by atoms with Crippen molar-refractivity contribution in [3.8, 4) is 5.75 Å². The Labute approximate surface area is 104 Å². The molecule has 0 saturated carbocycles. The number of carbonyl (C=O) groups is 2. The van der Waals surface area contributed by atoms with Crippen LogP contribution in [0.2, 0.25) is 0 Å². The molecule has 1 aromatic rings. The normalized spacial score (nSPS) is 9.83. The fourth-order valence-corrected chi connectivity index (χ4v) is 1.53. The Hall–Kier alpha value is -2.44. The largest absolute Gasteiger partial charge is 0.497 e. The number of nitrogens with zero attached hydrogens (tertiary/aromatic N) is 1. The van der Waals surface area contributed by atoms with E-state index in [-0.39, 0.29) is 13.1 Å². The van der Waals surface area contributed by atoms with Gasteiger partial charge >= 0.3 is 0 Å². The molecule has 1 aromatic carbocycles. The van der Waals surface area contributed by atoms with E-state index < -0.39 is 11.8 Å².